The van der Waals surface area contributed by atoms with Gasteiger partial charge in [-0.25, -0.2) is 37.5 Å². The van der Waals surface area contributed by atoms with E-state index in [1.54, 1.807) is 36.4 Å². The standard InChI is InChI=1S/C40H43F4N11O/c1-24(2)46-37-36-33(15-13-31(49-36)27-6-10-29(42)11-7-27)51-40(53-37)55(17-16-54-18-20-56-21-19-54)23-25(3)47-38-35-32(50-39(52-38)45-22-34(43)44)14-12-30(48-35)26-4-8-28(41)9-5-26/h4-15,24-25,34H,16-23H2,1-3H3,(H,46,51,53)(H2,45,47,50,52). The Morgan fingerprint density at radius 3 is 1.84 bits per heavy atom. The quantitative estimate of drug-likeness (QED) is 0.0921. The van der Waals surface area contributed by atoms with E-state index in [0.717, 1.165) is 25.2 Å². The first kappa shape index (κ1) is 38.5. The Morgan fingerprint density at radius 1 is 0.696 bits per heavy atom. The number of nitrogens with one attached hydrogen (secondary N) is 3. The van der Waals surface area contributed by atoms with Gasteiger partial charge in [-0.2, -0.15) is 9.97 Å². The molecule has 0 radical (unpaired) electrons. The lowest BCUT2D eigenvalue weighted by Crippen LogP contribution is -2.44. The van der Waals surface area contributed by atoms with Gasteiger partial charge in [-0.1, -0.05) is 0 Å². The van der Waals surface area contributed by atoms with Crippen LogP contribution in [0.4, 0.5) is 41.1 Å². The van der Waals surface area contributed by atoms with Crippen molar-refractivity contribution in [1.82, 2.24) is 34.8 Å². The zero-order valence-corrected chi connectivity index (χ0v) is 31.3. The molecule has 12 nitrogen and oxygen atoms in total. The minimum atomic E-state index is -2.61. The normalized spacial score (nSPS) is 14.1. The van der Waals surface area contributed by atoms with Gasteiger partial charge in [0, 0.05) is 55.9 Å². The van der Waals surface area contributed by atoms with Gasteiger partial charge in [-0.05, 0) is 93.6 Å². The monoisotopic (exact) mass is 769 g/mol. The zero-order valence-electron chi connectivity index (χ0n) is 31.3. The molecule has 56 heavy (non-hydrogen) atoms. The van der Waals surface area contributed by atoms with E-state index in [1.807, 2.05) is 32.9 Å². The van der Waals surface area contributed by atoms with Crippen LogP contribution < -0.4 is 20.9 Å². The topological polar surface area (TPSA) is 129 Å². The van der Waals surface area contributed by atoms with Crippen molar-refractivity contribution in [3.63, 3.8) is 0 Å². The molecule has 292 valence electrons. The number of hydrogen-bond acceptors (Lipinski definition) is 12. The van der Waals surface area contributed by atoms with Crippen molar-refractivity contribution in [3.05, 3.63) is 84.4 Å². The molecule has 0 saturated carbocycles. The van der Waals surface area contributed by atoms with Gasteiger partial charge < -0.3 is 25.6 Å². The first-order valence-corrected chi connectivity index (χ1v) is 18.6. The SMILES string of the molecule is CC(C)Nc1nc(N(CCN2CCOCC2)CC(C)Nc2nc(NCC(F)F)nc3ccc(-c4ccc(F)cc4)nc23)nc2ccc(-c3ccc(F)cc3)nc12. The van der Waals surface area contributed by atoms with Crippen LogP contribution in [0.15, 0.2) is 72.8 Å². The summed E-state index contributed by atoms with van der Waals surface area (Å²) in [6, 6.07) is 19.2. The second kappa shape index (κ2) is 17.4. The molecular weight excluding hydrogens is 727 g/mol. The number of halogens is 4. The van der Waals surface area contributed by atoms with Crippen LogP contribution in [0.1, 0.15) is 20.8 Å². The van der Waals surface area contributed by atoms with E-state index in [4.69, 9.17) is 24.7 Å². The lowest BCUT2D eigenvalue weighted by atomic mass is 10.1. The lowest BCUT2D eigenvalue weighted by Gasteiger charge is -2.32. The summed E-state index contributed by atoms with van der Waals surface area (Å²) >= 11 is 0. The maximum atomic E-state index is 13.7. The second-order valence-corrected chi connectivity index (χ2v) is 13.9. The van der Waals surface area contributed by atoms with Crippen LogP contribution in [0.2, 0.25) is 0 Å². The van der Waals surface area contributed by atoms with E-state index >= 15 is 0 Å². The van der Waals surface area contributed by atoms with Crippen LogP contribution in [0.25, 0.3) is 44.6 Å². The third-order valence-corrected chi connectivity index (χ3v) is 9.14. The minimum absolute atomic E-state index is 0.0303. The van der Waals surface area contributed by atoms with Crippen molar-refractivity contribution < 1.29 is 22.3 Å². The van der Waals surface area contributed by atoms with Crippen LogP contribution >= 0.6 is 0 Å². The molecule has 1 aliphatic heterocycles. The highest BCUT2D eigenvalue weighted by Crippen LogP contribution is 2.29. The highest BCUT2D eigenvalue weighted by Gasteiger charge is 2.22. The van der Waals surface area contributed by atoms with Crippen molar-refractivity contribution in [2.45, 2.75) is 39.3 Å². The Bertz CT molecular complexity index is 2260. The molecule has 1 saturated heterocycles. The number of anilines is 4. The third-order valence-electron chi connectivity index (χ3n) is 9.14. The second-order valence-electron chi connectivity index (χ2n) is 13.9. The van der Waals surface area contributed by atoms with Gasteiger partial charge in [0.1, 0.15) is 22.7 Å². The Morgan fingerprint density at radius 2 is 1.27 bits per heavy atom. The van der Waals surface area contributed by atoms with Crippen molar-refractivity contribution >= 4 is 45.6 Å². The van der Waals surface area contributed by atoms with Gasteiger partial charge in [0.25, 0.3) is 6.43 Å². The predicted molar refractivity (Wildman–Crippen MR) is 211 cm³/mol. The summed E-state index contributed by atoms with van der Waals surface area (Å²) < 4.78 is 59.4. The average Bonchev–Trinajstić information content (AvgIpc) is 3.19. The first-order valence-electron chi connectivity index (χ1n) is 18.6. The van der Waals surface area contributed by atoms with Crippen LogP contribution in [-0.4, -0.2) is 106 Å². The molecule has 4 aromatic heterocycles. The number of ether oxygens (including phenoxy) is 1. The molecule has 0 aliphatic carbocycles. The summed E-state index contributed by atoms with van der Waals surface area (Å²) in [5.74, 6) is 0.736. The number of hydrogen-bond donors (Lipinski definition) is 3. The number of pyridine rings is 2. The molecule has 5 heterocycles. The van der Waals surface area contributed by atoms with Crippen LogP contribution in [0.5, 0.6) is 0 Å². The Hall–Kier alpha value is -5.74. The highest BCUT2D eigenvalue weighted by molar-refractivity contribution is 5.89. The van der Waals surface area contributed by atoms with Crippen molar-refractivity contribution in [1.29, 1.82) is 0 Å². The highest BCUT2D eigenvalue weighted by atomic mass is 19.3. The number of alkyl halides is 2. The summed E-state index contributed by atoms with van der Waals surface area (Å²) in [6.07, 6.45) is -2.61. The third kappa shape index (κ3) is 9.55. The van der Waals surface area contributed by atoms with Gasteiger partial charge in [-0.3, -0.25) is 4.90 Å². The van der Waals surface area contributed by atoms with E-state index in [2.05, 4.69) is 35.7 Å². The minimum Gasteiger partial charge on any atom is -0.379 e. The van der Waals surface area contributed by atoms with Crippen LogP contribution in [0, 0.1) is 11.6 Å². The molecule has 1 aliphatic rings. The fourth-order valence-electron chi connectivity index (χ4n) is 6.41. The van der Waals surface area contributed by atoms with E-state index < -0.39 is 13.0 Å². The molecule has 2 aromatic carbocycles. The maximum Gasteiger partial charge on any atom is 0.255 e. The molecular formula is C40H43F4N11O. The summed E-state index contributed by atoms with van der Waals surface area (Å²) in [5, 5.41) is 9.54. The van der Waals surface area contributed by atoms with Crippen molar-refractivity contribution in [2.75, 3.05) is 73.3 Å². The van der Waals surface area contributed by atoms with Gasteiger partial charge in [0.05, 0.1) is 42.2 Å². The molecule has 3 N–H and O–H groups in total. The van der Waals surface area contributed by atoms with E-state index in [1.165, 1.54) is 24.3 Å². The largest absolute Gasteiger partial charge is 0.379 e. The van der Waals surface area contributed by atoms with Gasteiger partial charge in [0.15, 0.2) is 11.6 Å². The number of rotatable bonds is 15. The zero-order chi connectivity index (χ0) is 39.2. The molecule has 16 heteroatoms. The molecule has 1 unspecified atom stereocenters. The van der Waals surface area contributed by atoms with Gasteiger partial charge in [-0.15, -0.1) is 0 Å². The fraction of sp³-hybridized carbons (Fsp3) is 0.350. The number of benzene rings is 2. The maximum absolute atomic E-state index is 13.7. The van der Waals surface area contributed by atoms with E-state index in [9.17, 15) is 17.6 Å². The van der Waals surface area contributed by atoms with Gasteiger partial charge in [0.2, 0.25) is 11.9 Å². The van der Waals surface area contributed by atoms with Crippen LogP contribution in [-0.2, 0) is 4.74 Å². The molecule has 1 atom stereocenters. The van der Waals surface area contributed by atoms with Crippen molar-refractivity contribution in [2.24, 2.45) is 0 Å². The van der Waals surface area contributed by atoms with E-state index in [-0.39, 0.29) is 29.7 Å². The van der Waals surface area contributed by atoms with Crippen molar-refractivity contribution in [3.8, 4) is 22.5 Å². The molecule has 7 rings (SSSR count). The Labute approximate surface area is 321 Å². The number of morpholine rings is 1. The van der Waals surface area contributed by atoms with E-state index in [0.29, 0.717) is 82.9 Å². The number of nitrogens with zero attached hydrogens (tertiary/aromatic N) is 8. The fourth-order valence-corrected chi connectivity index (χ4v) is 6.41. The smallest absolute Gasteiger partial charge is 0.255 e. The molecule has 0 amide bonds. The Balaban J connectivity index is 1.23. The Kier molecular flexibility index (Phi) is 12.0. The molecule has 6 aromatic rings. The molecule has 1 fully saturated rings. The summed E-state index contributed by atoms with van der Waals surface area (Å²) in [5.41, 5.74) is 4.79. The average molecular weight is 770 g/mol. The molecule has 0 bridgehead atoms. The lowest BCUT2D eigenvalue weighted by molar-refractivity contribution is 0.0391. The number of fused-ring (bicyclic) bond motifs is 2. The number of aromatic nitrogens is 6. The predicted octanol–water partition coefficient (Wildman–Crippen LogP) is 7.11. The molecule has 0 spiro atoms. The van der Waals surface area contributed by atoms with Gasteiger partial charge >= 0.3 is 0 Å². The summed E-state index contributed by atoms with van der Waals surface area (Å²) in [7, 11) is 0. The first-order chi connectivity index (χ1) is 27.1. The summed E-state index contributed by atoms with van der Waals surface area (Å²) in [6.45, 7) is 10.1. The van der Waals surface area contributed by atoms with Crippen LogP contribution in [0.3, 0.4) is 0 Å². The summed E-state index contributed by atoms with van der Waals surface area (Å²) in [4.78, 5) is 33.2.